The number of hydrogen-bond acceptors (Lipinski definition) is 2. The lowest BCUT2D eigenvalue weighted by molar-refractivity contribution is 0.551. The molecule has 1 aromatic rings. The molecular formula is C11H13ClO2S. The molecule has 0 bridgehead atoms. The van der Waals surface area contributed by atoms with Crippen LogP contribution >= 0.6 is 11.6 Å². The molecule has 4 heteroatoms. The third kappa shape index (κ3) is 1.91. The Morgan fingerprint density at radius 1 is 1.27 bits per heavy atom. The molecular weight excluding hydrogens is 232 g/mol. The quantitative estimate of drug-likeness (QED) is 0.767. The van der Waals surface area contributed by atoms with Crippen molar-refractivity contribution >= 4 is 21.4 Å². The van der Waals surface area contributed by atoms with Crippen molar-refractivity contribution < 1.29 is 8.42 Å². The number of alkyl halides is 1. The van der Waals surface area contributed by atoms with E-state index in [4.69, 9.17) is 11.6 Å². The van der Waals surface area contributed by atoms with Crippen LogP contribution < -0.4 is 0 Å². The lowest BCUT2D eigenvalue weighted by Gasteiger charge is -2.16. The summed E-state index contributed by atoms with van der Waals surface area (Å²) in [6.07, 6.45) is 1.79. The predicted molar refractivity (Wildman–Crippen MR) is 60.6 cm³/mol. The second-order valence-corrected chi connectivity index (χ2v) is 7.06. The van der Waals surface area contributed by atoms with Crippen LogP contribution in [0, 0.1) is 5.41 Å². The van der Waals surface area contributed by atoms with E-state index in [1.165, 1.54) is 0 Å². The Balaban J connectivity index is 2.36. The smallest absolute Gasteiger partial charge is 0.195 e. The fourth-order valence-corrected chi connectivity index (χ4v) is 3.82. The minimum absolute atomic E-state index is 0.226. The molecule has 1 saturated carbocycles. The van der Waals surface area contributed by atoms with Crippen LogP contribution in [0.1, 0.15) is 19.8 Å². The van der Waals surface area contributed by atoms with Gasteiger partial charge < -0.3 is 0 Å². The van der Waals surface area contributed by atoms with Gasteiger partial charge in [0.25, 0.3) is 0 Å². The molecule has 0 aliphatic heterocycles. The Morgan fingerprint density at radius 3 is 2.27 bits per heavy atom. The van der Waals surface area contributed by atoms with E-state index in [1.54, 1.807) is 30.3 Å². The number of hydrogen-bond donors (Lipinski definition) is 0. The SMILES string of the molecule is CC1(C(Cl)S(=O)(=O)c2ccccc2)CC1. The van der Waals surface area contributed by atoms with Crippen molar-refractivity contribution in [1.29, 1.82) is 0 Å². The topological polar surface area (TPSA) is 34.1 Å². The van der Waals surface area contributed by atoms with Crippen LogP contribution in [0.3, 0.4) is 0 Å². The summed E-state index contributed by atoms with van der Waals surface area (Å²) >= 11 is 6.06. The number of sulfone groups is 1. The zero-order chi connectivity index (χ0) is 11.1. The molecule has 0 N–H and O–H groups in total. The van der Waals surface area contributed by atoms with Gasteiger partial charge in [-0.05, 0) is 30.4 Å². The van der Waals surface area contributed by atoms with Gasteiger partial charge in [-0.15, -0.1) is 11.6 Å². The Morgan fingerprint density at radius 2 is 1.80 bits per heavy atom. The van der Waals surface area contributed by atoms with Crippen LogP contribution in [0.4, 0.5) is 0 Å². The predicted octanol–water partition coefficient (Wildman–Crippen LogP) is 2.83. The number of benzene rings is 1. The van der Waals surface area contributed by atoms with Gasteiger partial charge >= 0.3 is 0 Å². The molecule has 0 radical (unpaired) electrons. The molecule has 82 valence electrons. The minimum atomic E-state index is -3.37. The number of halogens is 1. The van der Waals surface area contributed by atoms with Gasteiger partial charge in [-0.3, -0.25) is 0 Å². The molecule has 0 heterocycles. The van der Waals surface area contributed by atoms with E-state index in [9.17, 15) is 8.42 Å². The first kappa shape index (κ1) is 11.0. The summed E-state index contributed by atoms with van der Waals surface area (Å²) in [6, 6.07) is 8.41. The normalized spacial score (nSPS) is 20.9. The summed E-state index contributed by atoms with van der Waals surface area (Å²) in [5.41, 5.74) is -0.226. The van der Waals surface area contributed by atoms with Crippen molar-refractivity contribution in [1.82, 2.24) is 0 Å². The van der Waals surface area contributed by atoms with Crippen LogP contribution in [-0.2, 0) is 9.84 Å². The van der Waals surface area contributed by atoms with Crippen molar-refractivity contribution in [2.24, 2.45) is 5.41 Å². The molecule has 2 rings (SSSR count). The van der Waals surface area contributed by atoms with Gasteiger partial charge in [0, 0.05) is 0 Å². The fraction of sp³-hybridized carbons (Fsp3) is 0.455. The van der Waals surface area contributed by atoms with Gasteiger partial charge in [0.2, 0.25) is 0 Å². The first-order valence-corrected chi connectivity index (χ1v) is 6.88. The Bertz CT molecular complexity index is 449. The minimum Gasteiger partial charge on any atom is -0.222 e. The van der Waals surface area contributed by atoms with Crippen LogP contribution in [-0.4, -0.2) is 13.1 Å². The summed E-state index contributed by atoms with van der Waals surface area (Å²) in [4.78, 5) is 0.318. The van der Waals surface area contributed by atoms with Crippen molar-refractivity contribution in [3.8, 4) is 0 Å². The lowest BCUT2D eigenvalue weighted by Crippen LogP contribution is -2.24. The molecule has 0 aromatic heterocycles. The highest BCUT2D eigenvalue weighted by atomic mass is 35.5. The summed E-state index contributed by atoms with van der Waals surface area (Å²) < 4.78 is 23.4. The largest absolute Gasteiger partial charge is 0.222 e. The summed E-state index contributed by atoms with van der Waals surface area (Å²) in [7, 11) is -3.37. The van der Waals surface area contributed by atoms with E-state index < -0.39 is 14.5 Å². The zero-order valence-electron chi connectivity index (χ0n) is 8.48. The molecule has 1 aromatic carbocycles. The lowest BCUT2D eigenvalue weighted by atomic mass is 10.2. The van der Waals surface area contributed by atoms with Gasteiger partial charge in [0.15, 0.2) is 9.84 Å². The molecule has 0 saturated heterocycles. The van der Waals surface area contributed by atoms with E-state index >= 15 is 0 Å². The monoisotopic (exact) mass is 244 g/mol. The van der Waals surface area contributed by atoms with Crippen LogP contribution in [0.25, 0.3) is 0 Å². The van der Waals surface area contributed by atoms with E-state index in [1.807, 2.05) is 6.92 Å². The second kappa shape index (κ2) is 3.49. The van der Waals surface area contributed by atoms with Gasteiger partial charge in [-0.25, -0.2) is 8.42 Å². The van der Waals surface area contributed by atoms with Gasteiger partial charge in [-0.1, -0.05) is 25.1 Å². The second-order valence-electron chi connectivity index (χ2n) is 4.33. The average molecular weight is 245 g/mol. The summed E-state index contributed by atoms with van der Waals surface area (Å²) in [6.45, 7) is 1.92. The van der Waals surface area contributed by atoms with Gasteiger partial charge in [-0.2, -0.15) is 0 Å². The van der Waals surface area contributed by atoms with E-state index in [2.05, 4.69) is 0 Å². The number of rotatable bonds is 3. The van der Waals surface area contributed by atoms with Crippen molar-refractivity contribution in [2.45, 2.75) is 29.4 Å². The van der Waals surface area contributed by atoms with Crippen LogP contribution in [0.5, 0.6) is 0 Å². The Labute approximate surface area is 95.2 Å². The van der Waals surface area contributed by atoms with Crippen LogP contribution in [0.15, 0.2) is 35.2 Å². The van der Waals surface area contributed by atoms with Gasteiger partial charge in [0.05, 0.1) is 4.90 Å². The summed E-state index contributed by atoms with van der Waals surface area (Å²) in [5.74, 6) is 0. The molecule has 1 unspecified atom stereocenters. The third-order valence-electron chi connectivity index (χ3n) is 2.93. The van der Waals surface area contributed by atoms with E-state index in [0.717, 1.165) is 12.8 Å². The maximum Gasteiger partial charge on any atom is 0.195 e. The summed E-state index contributed by atoms with van der Waals surface area (Å²) in [5, 5.41) is 0. The molecule has 1 fully saturated rings. The van der Waals surface area contributed by atoms with Crippen LogP contribution in [0.2, 0.25) is 0 Å². The average Bonchev–Trinajstić information content (AvgIpc) is 2.98. The highest BCUT2D eigenvalue weighted by Gasteiger charge is 2.50. The van der Waals surface area contributed by atoms with Gasteiger partial charge in [0.1, 0.15) is 4.71 Å². The highest BCUT2D eigenvalue weighted by molar-refractivity contribution is 7.93. The van der Waals surface area contributed by atoms with E-state index in [-0.39, 0.29) is 5.41 Å². The Kier molecular flexibility index (Phi) is 2.55. The first-order valence-electron chi connectivity index (χ1n) is 4.90. The molecule has 15 heavy (non-hydrogen) atoms. The van der Waals surface area contributed by atoms with Crippen molar-refractivity contribution in [3.05, 3.63) is 30.3 Å². The maximum atomic E-state index is 12.1. The maximum absolute atomic E-state index is 12.1. The molecule has 0 amide bonds. The molecule has 2 nitrogen and oxygen atoms in total. The zero-order valence-corrected chi connectivity index (χ0v) is 10.1. The molecule has 1 aliphatic rings. The molecule has 1 atom stereocenters. The van der Waals surface area contributed by atoms with Crippen molar-refractivity contribution in [2.75, 3.05) is 0 Å². The standard InChI is InChI=1S/C11H13ClO2S/c1-11(7-8-11)10(12)15(13,14)9-5-3-2-4-6-9/h2-6,10H,7-8H2,1H3. The highest BCUT2D eigenvalue weighted by Crippen LogP contribution is 2.53. The first-order chi connectivity index (χ1) is 6.97. The van der Waals surface area contributed by atoms with Crippen molar-refractivity contribution in [3.63, 3.8) is 0 Å². The van der Waals surface area contributed by atoms with E-state index in [0.29, 0.717) is 4.90 Å². The third-order valence-corrected chi connectivity index (χ3v) is 6.20. The molecule has 0 spiro atoms. The Hall–Kier alpha value is -0.540. The fourth-order valence-electron chi connectivity index (χ4n) is 1.53. The molecule has 1 aliphatic carbocycles.